The number of carbonyl (C=O) groups excluding carboxylic acids is 2. The number of H-pyrrole nitrogens is 1. The van der Waals surface area contributed by atoms with Crippen LogP contribution >= 0.6 is 0 Å². The number of likely N-dealkylation sites (N-methyl/N-ethyl adjacent to an activating group) is 2. The number of nitrogens with zero attached hydrogens (tertiary/aromatic N) is 3. The number of aromatic amines is 1. The molecule has 10 N–H and O–H groups in total. The zero-order valence-corrected chi connectivity index (χ0v) is 39.1. The number of aliphatic hydroxyl groups excluding tert-OH is 4. The number of amides is 2. The van der Waals surface area contributed by atoms with Gasteiger partial charge >= 0.3 is 30.0 Å². The zero-order valence-electron chi connectivity index (χ0n) is 39.1. The smallest absolute Gasteiger partial charge is 0.475 e. The molecule has 0 saturated carbocycles. The van der Waals surface area contributed by atoms with E-state index in [0.717, 1.165) is 34.6 Å². The molecule has 2 fully saturated rings. The highest BCUT2D eigenvalue weighted by Crippen LogP contribution is 2.36. The van der Waals surface area contributed by atoms with Crippen molar-refractivity contribution in [2.24, 2.45) is 5.73 Å². The quantitative estimate of drug-likeness (QED) is 0.0718. The molecule has 71 heavy (non-hydrogen) atoms. The summed E-state index contributed by atoms with van der Waals surface area (Å²) in [6.45, 7) is 2.09. The number of carboxylic acid groups (broad SMARTS) is 2. The Balaban J connectivity index is 0.000000829. The minimum absolute atomic E-state index is 0.0253. The second-order valence-electron chi connectivity index (χ2n) is 16.9. The molecule has 21 nitrogen and oxygen atoms in total. The fourth-order valence-electron chi connectivity index (χ4n) is 7.71. The van der Waals surface area contributed by atoms with Gasteiger partial charge in [0.1, 0.15) is 54.5 Å². The maximum Gasteiger partial charge on any atom is 0.490 e. The van der Waals surface area contributed by atoms with Crippen molar-refractivity contribution in [3.63, 3.8) is 0 Å². The van der Waals surface area contributed by atoms with Crippen molar-refractivity contribution in [3.8, 4) is 0 Å². The number of aryl methyl sites for hydroxylation is 1. The van der Waals surface area contributed by atoms with E-state index >= 15 is 0 Å². The number of rotatable bonds is 19. The Morgan fingerprint density at radius 3 is 1.83 bits per heavy atom. The van der Waals surface area contributed by atoms with Crippen LogP contribution in [0.15, 0.2) is 57.9 Å². The summed E-state index contributed by atoms with van der Waals surface area (Å²) in [5.74, 6) is -6.74. The van der Waals surface area contributed by atoms with E-state index in [9.17, 15) is 65.9 Å². The second kappa shape index (κ2) is 27.5. The number of ether oxygens (including phenoxy) is 3. The molecule has 0 spiro atoms. The van der Waals surface area contributed by atoms with Gasteiger partial charge in [-0.1, -0.05) is 76.8 Å². The summed E-state index contributed by atoms with van der Waals surface area (Å²) in [6.07, 6.45) is -7.70. The van der Waals surface area contributed by atoms with Crippen molar-refractivity contribution in [1.29, 1.82) is 0 Å². The van der Waals surface area contributed by atoms with E-state index in [2.05, 4.69) is 17.2 Å². The number of anilines is 1. The van der Waals surface area contributed by atoms with Crippen LogP contribution in [0.4, 0.5) is 32.0 Å². The predicted octanol–water partition coefficient (Wildman–Crippen LogP) is 1.97. The van der Waals surface area contributed by atoms with Crippen LogP contribution in [0.25, 0.3) is 0 Å². The summed E-state index contributed by atoms with van der Waals surface area (Å²) in [6, 6.07) is 7.30. The molecule has 3 aliphatic heterocycles. The molecular formula is C44H62F6N6O15. The number of unbranched alkanes of at least 4 members (excludes halogenated alkanes) is 9. The highest BCUT2D eigenvalue weighted by molar-refractivity contribution is 6.06. The average molecular weight is 1030 g/mol. The van der Waals surface area contributed by atoms with E-state index in [-0.39, 0.29) is 18.8 Å². The van der Waals surface area contributed by atoms with Gasteiger partial charge in [-0.15, -0.1) is 0 Å². The number of hydrogen-bond donors (Lipinski definition) is 9. The van der Waals surface area contributed by atoms with Crippen LogP contribution in [0.2, 0.25) is 0 Å². The molecule has 1 aromatic carbocycles. The van der Waals surface area contributed by atoms with Gasteiger partial charge in [-0.3, -0.25) is 28.8 Å². The van der Waals surface area contributed by atoms with Gasteiger partial charge in [-0.25, -0.2) is 14.4 Å². The normalized spacial score (nSPS) is 25.3. The van der Waals surface area contributed by atoms with Gasteiger partial charge in [0.25, 0.3) is 11.5 Å². The Kier molecular flexibility index (Phi) is 23.3. The number of hydrogen-bond acceptors (Lipinski definition) is 15. The molecule has 0 radical (unpaired) electrons. The van der Waals surface area contributed by atoms with E-state index < -0.39 is 109 Å². The van der Waals surface area contributed by atoms with Gasteiger partial charge in [0.05, 0.1) is 0 Å². The lowest BCUT2D eigenvalue weighted by Gasteiger charge is -2.38. The van der Waals surface area contributed by atoms with Gasteiger partial charge < -0.3 is 60.8 Å². The monoisotopic (exact) mass is 1030 g/mol. The van der Waals surface area contributed by atoms with Crippen molar-refractivity contribution in [3.05, 3.63) is 74.7 Å². The second-order valence-corrected chi connectivity index (χ2v) is 16.9. The Hall–Kier alpha value is -5.26. The Morgan fingerprint density at radius 1 is 0.803 bits per heavy atom. The van der Waals surface area contributed by atoms with Gasteiger partial charge in [-0.05, 0) is 43.7 Å². The summed E-state index contributed by atoms with van der Waals surface area (Å²) < 4.78 is 82.2. The molecule has 2 amide bonds. The fraction of sp³-hybridized carbons (Fsp3) is 0.636. The first kappa shape index (κ1) is 60.0. The molecule has 0 aliphatic carbocycles. The minimum atomic E-state index is -5.08. The highest BCUT2D eigenvalue weighted by Gasteiger charge is 2.55. The van der Waals surface area contributed by atoms with Crippen LogP contribution in [0, 0.1) is 0 Å². The third kappa shape index (κ3) is 17.5. The molecule has 0 unspecified atom stereocenters. The van der Waals surface area contributed by atoms with Crippen LogP contribution in [-0.4, -0.2) is 168 Å². The van der Waals surface area contributed by atoms with E-state index in [1.807, 2.05) is 24.3 Å². The molecule has 2 saturated heterocycles. The molecule has 3 aliphatic rings. The SMILES string of the molecule is CCCCCCCCCCCCc1ccc(NC(=O)C2=CCN(C)[C@@H]([C@H](O[C@@H]3O[C@H](CN)[C@@H](O)[C@H]3O)[C@H]3O[C@@H](n4ccc(=O)[nH]c4=O)[C@H](O)[C@@H]3O)C(=O)N2C)cc1.O=C(O)C(F)(F)F.O=C(O)C(F)(F)F. The predicted molar refractivity (Wildman–Crippen MR) is 237 cm³/mol. The van der Waals surface area contributed by atoms with E-state index in [0.29, 0.717) is 5.69 Å². The van der Waals surface area contributed by atoms with Crippen LogP contribution in [0.3, 0.4) is 0 Å². The fourth-order valence-corrected chi connectivity index (χ4v) is 7.71. The minimum Gasteiger partial charge on any atom is -0.475 e. The molecule has 0 bridgehead atoms. The lowest BCUT2D eigenvalue weighted by atomic mass is 9.97. The summed E-state index contributed by atoms with van der Waals surface area (Å²) >= 11 is 0. The maximum absolute atomic E-state index is 14.4. The summed E-state index contributed by atoms with van der Waals surface area (Å²) in [5.41, 5.74) is 5.84. The van der Waals surface area contributed by atoms with E-state index in [1.165, 1.54) is 75.3 Å². The Bertz CT molecular complexity index is 2170. The van der Waals surface area contributed by atoms with Crippen LogP contribution in [-0.2, 0) is 39.8 Å². The first-order chi connectivity index (χ1) is 33.2. The molecule has 4 heterocycles. The number of alkyl halides is 6. The number of aliphatic carboxylic acids is 2. The number of aliphatic hydroxyl groups is 4. The number of benzene rings is 1. The first-order valence-electron chi connectivity index (χ1n) is 22.6. The topological polar surface area (TPSA) is 317 Å². The lowest BCUT2D eigenvalue weighted by Crippen LogP contribution is -2.59. The zero-order chi connectivity index (χ0) is 53.4. The molecule has 10 atom stereocenters. The standard InChI is InChI=1S/C40H60N6O11.2C2HF3O2/c1-4-5-6-7-8-9-10-11-12-13-14-24-15-17-25(18-16-24)42-36(52)26-19-21-44(2)29(37(53)45(26)3)34(57-39-33(51)30(48)27(23-41)55-39)35-31(49)32(50)38(56-35)46-22-20-28(47)43-40(46)54;2*3-2(4,5)1(6)7/h15-20,22,27,29-35,38-39,48-51H,4-14,21,23,41H2,1-3H3,(H,42,52)(H,43,47,54);2*(H,6,7)/t27-,29+,30-,31+,32-,33-,34+,35+,38-,39+;;/m1../s1. The highest BCUT2D eigenvalue weighted by atomic mass is 19.4. The lowest BCUT2D eigenvalue weighted by molar-refractivity contribution is -0.232. The molecule has 400 valence electrons. The molecule has 5 rings (SSSR count). The molecule has 1 aromatic heterocycles. The number of halogens is 6. The van der Waals surface area contributed by atoms with Crippen LogP contribution in [0.5, 0.6) is 0 Å². The van der Waals surface area contributed by atoms with Crippen LogP contribution < -0.4 is 22.3 Å². The first-order valence-corrected chi connectivity index (χ1v) is 22.6. The van der Waals surface area contributed by atoms with E-state index in [4.69, 9.17) is 39.7 Å². The summed E-state index contributed by atoms with van der Waals surface area (Å²) in [4.78, 5) is 75.0. The molecule has 27 heteroatoms. The third-order valence-corrected chi connectivity index (χ3v) is 11.6. The maximum atomic E-state index is 14.4. The van der Waals surface area contributed by atoms with Crippen LogP contribution in [0.1, 0.15) is 82.9 Å². The number of nitrogens with one attached hydrogen (secondary N) is 2. The largest absolute Gasteiger partial charge is 0.490 e. The van der Waals surface area contributed by atoms with Gasteiger partial charge in [0.15, 0.2) is 12.5 Å². The van der Waals surface area contributed by atoms with Gasteiger partial charge in [0.2, 0.25) is 5.91 Å². The van der Waals surface area contributed by atoms with Crippen molar-refractivity contribution in [2.45, 2.75) is 151 Å². The number of aromatic nitrogens is 2. The summed E-state index contributed by atoms with van der Waals surface area (Å²) in [7, 11) is 2.98. The molecule has 2 aromatic rings. The van der Waals surface area contributed by atoms with Gasteiger partial charge in [0, 0.05) is 38.1 Å². The summed E-state index contributed by atoms with van der Waals surface area (Å²) in [5, 5.41) is 60.9. The van der Waals surface area contributed by atoms with Crippen molar-refractivity contribution >= 4 is 29.4 Å². The van der Waals surface area contributed by atoms with E-state index in [1.54, 1.807) is 13.1 Å². The molecular weight excluding hydrogens is 966 g/mol. The number of carbonyl (C=O) groups is 4. The van der Waals surface area contributed by atoms with Crippen molar-refractivity contribution in [2.75, 3.05) is 32.5 Å². The third-order valence-electron chi connectivity index (χ3n) is 11.6. The number of nitrogens with two attached hydrogens (primary N) is 1. The van der Waals surface area contributed by atoms with Crippen molar-refractivity contribution < 1.29 is 90.4 Å². The van der Waals surface area contributed by atoms with Gasteiger partial charge in [-0.2, -0.15) is 26.3 Å². The average Bonchev–Trinajstić information content (AvgIpc) is 3.70. The number of carboxylic acids is 2. The Labute approximate surface area is 402 Å². The van der Waals surface area contributed by atoms with Crippen molar-refractivity contribution in [1.82, 2.24) is 19.4 Å². The Morgan fingerprint density at radius 2 is 1.34 bits per heavy atom.